The molecule has 0 aromatic carbocycles. The molecule has 0 aromatic heterocycles. The van der Waals surface area contributed by atoms with Gasteiger partial charge in [0.05, 0.1) is 0 Å². The first kappa shape index (κ1) is 9.66. The average molecular weight is 166 g/mol. The minimum Gasteiger partial charge on any atom is -0.381 e. The van der Waals surface area contributed by atoms with E-state index in [1.165, 1.54) is 0 Å². The molecule has 0 amide bonds. The van der Waals surface area contributed by atoms with Gasteiger partial charge in [-0.1, -0.05) is 0 Å². The van der Waals surface area contributed by atoms with E-state index in [4.69, 9.17) is 4.74 Å². The number of hydrogen-bond acceptors (Lipinski definition) is 3. The maximum Gasteiger partial charge on any atom is 0.0473 e. The molecule has 0 aromatic rings. The first-order valence-electron chi connectivity index (χ1n) is 3.21. The van der Waals surface area contributed by atoms with E-state index in [9.17, 15) is 0 Å². The van der Waals surface area contributed by atoms with Gasteiger partial charge in [-0.05, 0) is 24.3 Å². The summed E-state index contributed by atoms with van der Waals surface area (Å²) >= 11 is 8.10. The normalized spacial score (nSPS) is 10.0. The molecule has 0 bridgehead atoms. The summed E-state index contributed by atoms with van der Waals surface area (Å²) in [5, 5.41) is 0. The molecule has 0 spiro atoms. The zero-order chi connectivity index (χ0) is 6.95. The van der Waals surface area contributed by atoms with Crippen LogP contribution in [0, 0.1) is 0 Å². The van der Waals surface area contributed by atoms with Crippen LogP contribution >= 0.6 is 25.3 Å². The third kappa shape index (κ3) is 8.66. The lowest BCUT2D eigenvalue weighted by Crippen LogP contribution is -1.97. The SMILES string of the molecule is SCCCOCCCS. The van der Waals surface area contributed by atoms with Gasteiger partial charge in [0, 0.05) is 13.2 Å². The molecule has 0 atom stereocenters. The van der Waals surface area contributed by atoms with Gasteiger partial charge in [-0.2, -0.15) is 25.3 Å². The third-order valence-electron chi connectivity index (χ3n) is 0.894. The zero-order valence-electron chi connectivity index (χ0n) is 5.55. The smallest absolute Gasteiger partial charge is 0.0473 e. The van der Waals surface area contributed by atoms with Crippen LogP contribution in [0.25, 0.3) is 0 Å². The molecule has 0 radical (unpaired) electrons. The fourth-order valence-electron chi connectivity index (χ4n) is 0.435. The highest BCUT2D eigenvalue weighted by molar-refractivity contribution is 7.80. The van der Waals surface area contributed by atoms with Gasteiger partial charge in [-0.15, -0.1) is 0 Å². The molecule has 0 aliphatic carbocycles. The van der Waals surface area contributed by atoms with Crippen molar-refractivity contribution >= 4 is 25.3 Å². The van der Waals surface area contributed by atoms with Gasteiger partial charge in [-0.3, -0.25) is 0 Å². The van der Waals surface area contributed by atoms with Crippen molar-refractivity contribution in [1.29, 1.82) is 0 Å². The molecular weight excluding hydrogens is 152 g/mol. The second-order valence-electron chi connectivity index (χ2n) is 1.77. The van der Waals surface area contributed by atoms with Crippen molar-refractivity contribution in [1.82, 2.24) is 0 Å². The van der Waals surface area contributed by atoms with Gasteiger partial charge >= 0.3 is 0 Å². The largest absolute Gasteiger partial charge is 0.381 e. The standard InChI is InChI=1S/C6H14OS2/c8-5-1-3-7-4-2-6-9/h8-9H,1-6H2. The monoisotopic (exact) mass is 166 g/mol. The number of hydrogen-bond donors (Lipinski definition) is 2. The maximum absolute atomic E-state index is 5.22. The summed E-state index contributed by atoms with van der Waals surface area (Å²) in [6.45, 7) is 1.69. The van der Waals surface area contributed by atoms with Crippen LogP contribution < -0.4 is 0 Å². The van der Waals surface area contributed by atoms with Crippen molar-refractivity contribution < 1.29 is 4.74 Å². The fourth-order valence-corrected chi connectivity index (χ4v) is 0.693. The summed E-state index contributed by atoms with van der Waals surface area (Å²) in [5.74, 6) is 1.84. The predicted octanol–water partition coefficient (Wildman–Crippen LogP) is 1.64. The Morgan fingerprint density at radius 3 is 1.67 bits per heavy atom. The van der Waals surface area contributed by atoms with E-state index >= 15 is 0 Å². The summed E-state index contributed by atoms with van der Waals surface area (Å²) in [7, 11) is 0. The average Bonchev–Trinajstić information content (AvgIpc) is 1.89. The van der Waals surface area contributed by atoms with Crippen LogP contribution in [0.15, 0.2) is 0 Å². The van der Waals surface area contributed by atoms with E-state index in [1.807, 2.05) is 0 Å². The zero-order valence-corrected chi connectivity index (χ0v) is 7.33. The van der Waals surface area contributed by atoms with Crippen LogP contribution in [-0.4, -0.2) is 24.7 Å². The highest BCUT2D eigenvalue weighted by atomic mass is 32.1. The Morgan fingerprint density at radius 2 is 1.33 bits per heavy atom. The van der Waals surface area contributed by atoms with Crippen molar-refractivity contribution in [3.63, 3.8) is 0 Å². The lowest BCUT2D eigenvalue weighted by atomic mass is 10.5. The Morgan fingerprint density at radius 1 is 0.889 bits per heavy atom. The summed E-state index contributed by atoms with van der Waals surface area (Å²) in [6, 6.07) is 0. The van der Waals surface area contributed by atoms with Crippen molar-refractivity contribution in [3.8, 4) is 0 Å². The molecule has 0 rings (SSSR count). The minimum absolute atomic E-state index is 0.845. The Labute approximate surface area is 68.0 Å². The molecule has 0 aliphatic heterocycles. The van der Waals surface area contributed by atoms with Gasteiger partial charge in [0.25, 0.3) is 0 Å². The van der Waals surface area contributed by atoms with Crippen molar-refractivity contribution in [2.45, 2.75) is 12.8 Å². The molecule has 0 fully saturated rings. The molecule has 0 saturated carbocycles. The van der Waals surface area contributed by atoms with E-state index in [1.54, 1.807) is 0 Å². The number of ether oxygens (including phenoxy) is 1. The second-order valence-corrected chi connectivity index (χ2v) is 2.66. The summed E-state index contributed by atoms with van der Waals surface area (Å²) in [4.78, 5) is 0. The Bertz CT molecular complexity index is 44.3. The van der Waals surface area contributed by atoms with Gasteiger partial charge in [0.15, 0.2) is 0 Å². The predicted molar refractivity (Wildman–Crippen MR) is 47.8 cm³/mol. The molecule has 0 aliphatic rings. The van der Waals surface area contributed by atoms with Crippen LogP contribution in [0.4, 0.5) is 0 Å². The topological polar surface area (TPSA) is 9.23 Å². The molecule has 0 unspecified atom stereocenters. The van der Waals surface area contributed by atoms with Crippen LogP contribution in [0.1, 0.15) is 12.8 Å². The molecule has 0 heterocycles. The van der Waals surface area contributed by atoms with E-state index in [0.29, 0.717) is 0 Å². The van der Waals surface area contributed by atoms with E-state index in [2.05, 4.69) is 25.3 Å². The molecule has 0 N–H and O–H groups in total. The van der Waals surface area contributed by atoms with E-state index in [-0.39, 0.29) is 0 Å². The number of rotatable bonds is 6. The molecule has 3 heteroatoms. The lowest BCUT2D eigenvalue weighted by Gasteiger charge is -1.99. The maximum atomic E-state index is 5.22. The Kier molecular flexibility index (Phi) is 9.30. The van der Waals surface area contributed by atoms with Gasteiger partial charge in [0.2, 0.25) is 0 Å². The Balaban J connectivity index is 2.60. The number of thiol groups is 2. The van der Waals surface area contributed by atoms with Crippen molar-refractivity contribution in [2.24, 2.45) is 0 Å². The highest BCUT2D eigenvalue weighted by Gasteiger charge is 1.85. The van der Waals surface area contributed by atoms with Crippen LogP contribution in [-0.2, 0) is 4.74 Å². The third-order valence-corrected chi connectivity index (χ3v) is 1.53. The molecule has 9 heavy (non-hydrogen) atoms. The molecule has 56 valence electrons. The highest BCUT2D eigenvalue weighted by Crippen LogP contribution is 1.88. The van der Waals surface area contributed by atoms with E-state index < -0.39 is 0 Å². The second kappa shape index (κ2) is 8.66. The quantitative estimate of drug-likeness (QED) is 0.450. The molecule has 0 saturated heterocycles. The Hall–Kier alpha value is 0.660. The van der Waals surface area contributed by atoms with Crippen molar-refractivity contribution in [2.75, 3.05) is 24.7 Å². The summed E-state index contributed by atoms with van der Waals surface area (Å²) in [5.41, 5.74) is 0. The lowest BCUT2D eigenvalue weighted by molar-refractivity contribution is 0.137. The van der Waals surface area contributed by atoms with Crippen molar-refractivity contribution in [3.05, 3.63) is 0 Å². The fraction of sp³-hybridized carbons (Fsp3) is 1.00. The summed E-state index contributed by atoms with van der Waals surface area (Å²) in [6.07, 6.45) is 2.10. The van der Waals surface area contributed by atoms with Gasteiger partial charge in [-0.25, -0.2) is 0 Å². The first-order chi connectivity index (χ1) is 4.41. The van der Waals surface area contributed by atoms with Crippen LogP contribution in [0.2, 0.25) is 0 Å². The minimum atomic E-state index is 0.845. The van der Waals surface area contributed by atoms with Crippen LogP contribution in [0.3, 0.4) is 0 Å². The van der Waals surface area contributed by atoms with E-state index in [0.717, 1.165) is 37.6 Å². The first-order valence-corrected chi connectivity index (χ1v) is 4.47. The molecule has 1 nitrogen and oxygen atoms in total. The van der Waals surface area contributed by atoms with Crippen LogP contribution in [0.5, 0.6) is 0 Å². The summed E-state index contributed by atoms with van der Waals surface area (Å²) < 4.78 is 5.22. The van der Waals surface area contributed by atoms with Gasteiger partial charge < -0.3 is 4.74 Å². The molecular formula is C6H14OS2. The van der Waals surface area contributed by atoms with Gasteiger partial charge in [0.1, 0.15) is 0 Å².